The maximum Gasteiger partial charge on any atom is 0.292 e. The number of carbonyl (C=O) groups excluding carboxylic acids is 1. The van der Waals surface area contributed by atoms with E-state index in [4.69, 9.17) is 5.73 Å². The molecule has 3 N–H and O–H groups in total. The Hall–Kier alpha value is -2.15. The molecule has 1 aromatic carbocycles. The van der Waals surface area contributed by atoms with Gasteiger partial charge in [-0.25, -0.2) is 0 Å². The van der Waals surface area contributed by atoms with Gasteiger partial charge in [0.25, 0.3) is 5.69 Å². The van der Waals surface area contributed by atoms with Crippen molar-refractivity contribution in [1.29, 1.82) is 0 Å². The summed E-state index contributed by atoms with van der Waals surface area (Å²) in [5, 5.41) is 13.9. The number of primary amides is 1. The van der Waals surface area contributed by atoms with Crippen molar-refractivity contribution >= 4 is 17.3 Å². The number of hydrogen-bond donors (Lipinski definition) is 2. The summed E-state index contributed by atoms with van der Waals surface area (Å²) in [7, 11) is 3.91. The predicted octanol–water partition coefficient (Wildman–Crippen LogP) is 1.06. The molecule has 0 saturated heterocycles. The van der Waals surface area contributed by atoms with Gasteiger partial charge in [0, 0.05) is 18.2 Å². The minimum Gasteiger partial charge on any atom is -0.379 e. The van der Waals surface area contributed by atoms with E-state index in [1.165, 1.54) is 18.2 Å². The van der Waals surface area contributed by atoms with Gasteiger partial charge in [0.15, 0.2) is 0 Å². The molecule has 0 heterocycles. The zero-order valence-electron chi connectivity index (χ0n) is 11.0. The summed E-state index contributed by atoms with van der Waals surface area (Å²) in [5.74, 6) is -0.605. The predicted molar refractivity (Wildman–Crippen MR) is 73.3 cm³/mol. The van der Waals surface area contributed by atoms with Crippen LogP contribution in [0.25, 0.3) is 0 Å². The molecule has 7 heteroatoms. The molecule has 19 heavy (non-hydrogen) atoms. The van der Waals surface area contributed by atoms with Crippen LogP contribution in [-0.2, 0) is 0 Å². The highest BCUT2D eigenvalue weighted by Gasteiger charge is 2.15. The Morgan fingerprint density at radius 3 is 2.68 bits per heavy atom. The quantitative estimate of drug-likeness (QED) is 0.436. The van der Waals surface area contributed by atoms with Crippen molar-refractivity contribution in [2.24, 2.45) is 5.73 Å². The molecule has 0 aliphatic heterocycles. The minimum atomic E-state index is -0.605. The number of hydrogen-bond acceptors (Lipinski definition) is 5. The van der Waals surface area contributed by atoms with Crippen molar-refractivity contribution in [3.05, 3.63) is 33.9 Å². The summed E-state index contributed by atoms with van der Waals surface area (Å²) in [6.07, 6.45) is 0.838. The maximum atomic E-state index is 11.1. The van der Waals surface area contributed by atoms with Crippen molar-refractivity contribution < 1.29 is 9.72 Å². The first-order valence-corrected chi connectivity index (χ1v) is 5.88. The molecule has 1 aromatic rings. The van der Waals surface area contributed by atoms with Gasteiger partial charge in [0.1, 0.15) is 5.69 Å². The van der Waals surface area contributed by atoms with E-state index in [2.05, 4.69) is 5.32 Å². The first-order chi connectivity index (χ1) is 8.91. The van der Waals surface area contributed by atoms with E-state index < -0.39 is 10.8 Å². The van der Waals surface area contributed by atoms with Crippen LogP contribution in [0, 0.1) is 10.1 Å². The highest BCUT2D eigenvalue weighted by Crippen LogP contribution is 2.25. The lowest BCUT2D eigenvalue weighted by Crippen LogP contribution is -2.17. The molecule has 0 fully saturated rings. The van der Waals surface area contributed by atoms with E-state index >= 15 is 0 Å². The highest BCUT2D eigenvalue weighted by atomic mass is 16.6. The van der Waals surface area contributed by atoms with Crippen molar-refractivity contribution in [3.8, 4) is 0 Å². The Bertz CT molecular complexity index is 474. The fraction of sp³-hybridized carbons (Fsp3) is 0.417. The third-order valence-electron chi connectivity index (χ3n) is 2.58. The first-order valence-electron chi connectivity index (χ1n) is 5.88. The number of nitro benzene ring substituents is 1. The normalized spacial score (nSPS) is 10.5. The van der Waals surface area contributed by atoms with Crippen LogP contribution in [0.3, 0.4) is 0 Å². The zero-order valence-corrected chi connectivity index (χ0v) is 11.0. The highest BCUT2D eigenvalue weighted by molar-refractivity contribution is 5.94. The molecule has 0 saturated carbocycles. The van der Waals surface area contributed by atoms with E-state index in [1.54, 1.807) is 0 Å². The molecule has 0 aromatic heterocycles. The number of amides is 1. The smallest absolute Gasteiger partial charge is 0.292 e. The van der Waals surface area contributed by atoms with Gasteiger partial charge in [-0.15, -0.1) is 0 Å². The van der Waals surface area contributed by atoms with Crippen LogP contribution in [0.4, 0.5) is 11.4 Å². The second-order valence-corrected chi connectivity index (χ2v) is 4.44. The van der Waals surface area contributed by atoms with Crippen LogP contribution >= 0.6 is 0 Å². The molecule has 0 aliphatic carbocycles. The van der Waals surface area contributed by atoms with Crippen molar-refractivity contribution in [2.75, 3.05) is 32.5 Å². The summed E-state index contributed by atoms with van der Waals surface area (Å²) in [4.78, 5) is 23.5. The van der Waals surface area contributed by atoms with Crippen LogP contribution < -0.4 is 11.1 Å². The van der Waals surface area contributed by atoms with Crippen LogP contribution in [-0.4, -0.2) is 42.9 Å². The number of nitro groups is 1. The Morgan fingerprint density at radius 2 is 2.16 bits per heavy atom. The molecule has 0 radical (unpaired) electrons. The molecule has 104 valence electrons. The van der Waals surface area contributed by atoms with Gasteiger partial charge in [0.05, 0.1) is 4.92 Å². The van der Waals surface area contributed by atoms with E-state index in [-0.39, 0.29) is 11.3 Å². The number of carbonyl (C=O) groups is 1. The number of benzene rings is 1. The molecule has 1 amide bonds. The average Bonchev–Trinajstić information content (AvgIpc) is 2.33. The molecule has 7 nitrogen and oxygen atoms in total. The van der Waals surface area contributed by atoms with Gasteiger partial charge in [-0.1, -0.05) is 0 Å². The summed E-state index contributed by atoms with van der Waals surface area (Å²) in [6, 6.07) is 4.05. The third-order valence-corrected chi connectivity index (χ3v) is 2.58. The molecule has 0 atom stereocenters. The van der Waals surface area contributed by atoms with E-state index in [1.807, 2.05) is 19.0 Å². The summed E-state index contributed by atoms with van der Waals surface area (Å²) >= 11 is 0. The number of anilines is 1. The number of rotatable bonds is 7. The minimum absolute atomic E-state index is 0.0603. The van der Waals surface area contributed by atoms with Crippen molar-refractivity contribution in [2.45, 2.75) is 6.42 Å². The standard InChI is InChI=1S/C12H18N4O3/c1-15(2)7-3-6-14-10-8-9(12(13)17)4-5-11(10)16(18)19/h4-5,8,14H,3,6-7H2,1-2H3,(H2,13,17). The average molecular weight is 266 g/mol. The Labute approximate surface area is 111 Å². The summed E-state index contributed by atoms with van der Waals surface area (Å²) < 4.78 is 0. The van der Waals surface area contributed by atoms with Crippen LogP contribution in [0.1, 0.15) is 16.8 Å². The second-order valence-electron chi connectivity index (χ2n) is 4.44. The Morgan fingerprint density at radius 1 is 1.47 bits per heavy atom. The van der Waals surface area contributed by atoms with E-state index in [9.17, 15) is 14.9 Å². The van der Waals surface area contributed by atoms with Crippen LogP contribution in [0.2, 0.25) is 0 Å². The van der Waals surface area contributed by atoms with Crippen LogP contribution in [0.5, 0.6) is 0 Å². The zero-order chi connectivity index (χ0) is 14.4. The molecule has 0 aliphatic rings. The summed E-state index contributed by atoms with van der Waals surface area (Å²) in [5.41, 5.74) is 5.67. The topological polar surface area (TPSA) is 102 Å². The van der Waals surface area contributed by atoms with Gasteiger partial charge in [-0.2, -0.15) is 0 Å². The van der Waals surface area contributed by atoms with Gasteiger partial charge >= 0.3 is 0 Å². The second kappa shape index (κ2) is 6.69. The largest absolute Gasteiger partial charge is 0.379 e. The molecule has 1 rings (SSSR count). The molecule has 0 bridgehead atoms. The molecular weight excluding hydrogens is 248 g/mol. The first kappa shape index (κ1) is 14.9. The monoisotopic (exact) mass is 266 g/mol. The fourth-order valence-electron chi connectivity index (χ4n) is 1.61. The number of nitrogens with zero attached hydrogens (tertiary/aromatic N) is 2. The van der Waals surface area contributed by atoms with Crippen molar-refractivity contribution in [3.63, 3.8) is 0 Å². The molecule has 0 spiro atoms. The third kappa shape index (κ3) is 4.55. The Kier molecular flexibility index (Phi) is 5.25. The van der Waals surface area contributed by atoms with Crippen molar-refractivity contribution in [1.82, 2.24) is 4.90 Å². The number of nitrogens with two attached hydrogens (primary N) is 1. The fourth-order valence-corrected chi connectivity index (χ4v) is 1.61. The SMILES string of the molecule is CN(C)CCCNc1cc(C(N)=O)ccc1[N+](=O)[O-]. The summed E-state index contributed by atoms with van der Waals surface area (Å²) in [6.45, 7) is 1.46. The van der Waals surface area contributed by atoms with E-state index in [0.717, 1.165) is 13.0 Å². The van der Waals surface area contributed by atoms with Gasteiger partial charge in [-0.05, 0) is 39.2 Å². The van der Waals surface area contributed by atoms with E-state index in [0.29, 0.717) is 12.2 Å². The van der Waals surface area contributed by atoms with Gasteiger partial charge < -0.3 is 16.0 Å². The Balaban J connectivity index is 2.80. The van der Waals surface area contributed by atoms with Crippen LogP contribution in [0.15, 0.2) is 18.2 Å². The maximum absolute atomic E-state index is 11.1. The lowest BCUT2D eigenvalue weighted by atomic mass is 10.1. The molecule has 0 unspecified atom stereocenters. The number of nitrogens with one attached hydrogen (secondary N) is 1. The lowest BCUT2D eigenvalue weighted by Gasteiger charge is -2.11. The van der Waals surface area contributed by atoms with Gasteiger partial charge in [0.2, 0.25) is 5.91 Å². The molecular formula is C12H18N4O3. The van der Waals surface area contributed by atoms with Gasteiger partial charge in [-0.3, -0.25) is 14.9 Å². The lowest BCUT2D eigenvalue weighted by molar-refractivity contribution is -0.384.